The number of hydrogen-bond acceptors (Lipinski definition) is 5. The van der Waals surface area contributed by atoms with Crippen molar-refractivity contribution in [3.05, 3.63) is 28.6 Å². The number of nitrogens with one attached hydrogen (secondary N) is 1. The third-order valence-corrected chi connectivity index (χ3v) is 3.32. The van der Waals surface area contributed by atoms with Gasteiger partial charge in [-0.3, -0.25) is 10.1 Å². The maximum atomic E-state index is 11.3. The summed E-state index contributed by atoms with van der Waals surface area (Å²) >= 11 is 0. The summed E-state index contributed by atoms with van der Waals surface area (Å²) in [6.45, 7) is 0. The fraction of sp³-hybridized carbons (Fsp3) is 0. The Bertz CT molecular complexity index is 678. The first-order valence-electron chi connectivity index (χ1n) is 3.96. The number of imidazole rings is 1. The van der Waals surface area contributed by atoms with E-state index in [1.165, 1.54) is 12.4 Å². The number of benzene rings is 1. The zero-order valence-corrected chi connectivity index (χ0v) is 9.12. The van der Waals surface area contributed by atoms with Gasteiger partial charge in [-0.2, -0.15) is 0 Å². The average Bonchev–Trinajstić information content (AvgIpc) is 2.61. The third kappa shape index (κ3) is 1.61. The van der Waals surface area contributed by atoms with E-state index in [1.807, 2.05) is 0 Å². The topological polar surface area (TPSA) is 106 Å². The number of nitro benzene ring substituents is 1. The van der Waals surface area contributed by atoms with Crippen molar-refractivity contribution in [2.45, 2.75) is 4.90 Å². The zero-order chi connectivity index (χ0) is 11.9. The van der Waals surface area contributed by atoms with E-state index in [9.17, 15) is 18.5 Å². The van der Waals surface area contributed by atoms with Crippen molar-refractivity contribution < 1.29 is 13.3 Å². The molecule has 9 heteroatoms. The number of fused-ring (bicyclic) bond motifs is 1. The maximum absolute atomic E-state index is 11.3. The normalized spacial score (nSPS) is 11.8. The van der Waals surface area contributed by atoms with Crippen LogP contribution in [0.1, 0.15) is 0 Å². The fourth-order valence-corrected chi connectivity index (χ4v) is 2.60. The number of hydrogen-bond donors (Lipinski definition) is 1. The molecule has 0 atom stereocenters. The Morgan fingerprint density at radius 3 is 2.69 bits per heavy atom. The van der Waals surface area contributed by atoms with Crippen molar-refractivity contribution in [2.75, 3.05) is 0 Å². The Morgan fingerprint density at radius 1 is 1.44 bits per heavy atom. The number of nitrogens with zero attached hydrogens (tertiary/aromatic N) is 2. The van der Waals surface area contributed by atoms with Crippen molar-refractivity contribution in [1.29, 1.82) is 0 Å². The second-order valence-electron chi connectivity index (χ2n) is 2.91. The Balaban J connectivity index is 2.98. The van der Waals surface area contributed by atoms with Crippen LogP contribution in [-0.4, -0.2) is 23.3 Å². The number of aromatic amines is 1. The Labute approximate surface area is 93.6 Å². The van der Waals surface area contributed by atoms with Crippen LogP contribution in [0.5, 0.6) is 0 Å². The quantitative estimate of drug-likeness (QED) is 0.499. The van der Waals surface area contributed by atoms with Gasteiger partial charge in [0.25, 0.3) is 14.7 Å². The van der Waals surface area contributed by atoms with Gasteiger partial charge in [-0.1, -0.05) is 0 Å². The van der Waals surface area contributed by atoms with Crippen LogP contribution in [0.3, 0.4) is 0 Å². The number of halogens is 1. The van der Waals surface area contributed by atoms with Crippen molar-refractivity contribution >= 4 is 36.5 Å². The van der Waals surface area contributed by atoms with Gasteiger partial charge in [0, 0.05) is 16.7 Å². The second kappa shape index (κ2) is 3.42. The molecule has 0 bridgehead atoms. The van der Waals surface area contributed by atoms with Gasteiger partial charge >= 0.3 is 0 Å². The molecule has 0 saturated carbocycles. The third-order valence-electron chi connectivity index (χ3n) is 1.96. The molecular formula is C7H4ClN3O4S. The number of nitro groups is 1. The molecule has 0 unspecified atom stereocenters. The summed E-state index contributed by atoms with van der Waals surface area (Å²) in [5.41, 5.74) is -0.261. The molecule has 7 nitrogen and oxygen atoms in total. The van der Waals surface area contributed by atoms with Crippen LogP contribution >= 0.6 is 10.7 Å². The highest BCUT2D eigenvalue weighted by molar-refractivity contribution is 8.14. The molecule has 2 aromatic rings. The summed E-state index contributed by atoms with van der Waals surface area (Å²) in [6, 6.07) is 2.43. The van der Waals surface area contributed by atoms with Gasteiger partial charge in [0.1, 0.15) is 5.52 Å². The lowest BCUT2D eigenvalue weighted by atomic mass is 10.3. The summed E-state index contributed by atoms with van der Waals surface area (Å²) in [5, 5.41) is 10.7. The van der Waals surface area contributed by atoms with E-state index in [-0.39, 0.29) is 5.52 Å². The second-order valence-corrected chi connectivity index (χ2v) is 5.41. The first-order valence-corrected chi connectivity index (χ1v) is 6.27. The predicted octanol–water partition coefficient (Wildman–Crippen LogP) is 1.40. The lowest BCUT2D eigenvalue weighted by Crippen LogP contribution is -1.99. The van der Waals surface area contributed by atoms with E-state index >= 15 is 0 Å². The van der Waals surface area contributed by atoms with E-state index in [2.05, 4.69) is 9.97 Å². The van der Waals surface area contributed by atoms with Crippen LogP contribution in [0, 0.1) is 10.1 Å². The van der Waals surface area contributed by atoms with Crippen LogP contribution in [0.15, 0.2) is 23.4 Å². The molecular weight excluding hydrogens is 258 g/mol. The number of rotatable bonds is 2. The van der Waals surface area contributed by atoms with E-state index in [0.29, 0.717) is 5.52 Å². The summed E-state index contributed by atoms with van der Waals surface area (Å²) in [4.78, 5) is 15.6. The molecule has 0 fully saturated rings. The van der Waals surface area contributed by atoms with Gasteiger partial charge in [-0.15, -0.1) is 0 Å². The Morgan fingerprint density at radius 2 is 2.12 bits per heavy atom. The molecule has 0 radical (unpaired) electrons. The Hall–Kier alpha value is -1.67. The number of aromatic nitrogens is 2. The molecule has 1 aromatic heterocycles. The molecule has 16 heavy (non-hydrogen) atoms. The van der Waals surface area contributed by atoms with Crippen LogP contribution in [-0.2, 0) is 9.05 Å². The van der Waals surface area contributed by atoms with Gasteiger partial charge in [0.2, 0.25) is 0 Å². The van der Waals surface area contributed by atoms with Crippen molar-refractivity contribution in [1.82, 2.24) is 9.97 Å². The summed E-state index contributed by atoms with van der Waals surface area (Å²) < 4.78 is 22.6. The standard InChI is InChI=1S/C7H4ClN3O4S/c8-16(14,15)7-5(11(12)13)2-1-4-6(7)10-3-9-4/h1-3H,(H,9,10). The molecule has 0 aliphatic rings. The molecule has 0 saturated heterocycles. The largest absolute Gasteiger partial charge is 0.345 e. The SMILES string of the molecule is O=[N+]([O-])c1ccc2[nH]cnc2c1S(=O)(=O)Cl. The molecule has 1 N–H and O–H groups in total. The lowest BCUT2D eigenvalue weighted by Gasteiger charge is -1.99. The first-order chi connectivity index (χ1) is 7.41. The number of H-pyrrole nitrogens is 1. The fourth-order valence-electron chi connectivity index (χ4n) is 1.36. The lowest BCUT2D eigenvalue weighted by molar-refractivity contribution is -0.387. The monoisotopic (exact) mass is 261 g/mol. The van der Waals surface area contributed by atoms with Gasteiger partial charge in [0.05, 0.1) is 16.8 Å². The van der Waals surface area contributed by atoms with Crippen molar-refractivity contribution in [3.8, 4) is 0 Å². The van der Waals surface area contributed by atoms with Crippen LogP contribution in [0.25, 0.3) is 11.0 Å². The van der Waals surface area contributed by atoms with E-state index in [1.54, 1.807) is 0 Å². The molecule has 1 heterocycles. The minimum Gasteiger partial charge on any atom is -0.345 e. The minimum atomic E-state index is -4.23. The molecule has 1 aromatic carbocycles. The van der Waals surface area contributed by atoms with Crippen molar-refractivity contribution in [2.24, 2.45) is 0 Å². The minimum absolute atomic E-state index is 0.0378. The highest BCUT2D eigenvalue weighted by Crippen LogP contribution is 2.32. The smallest absolute Gasteiger partial charge is 0.291 e. The summed E-state index contributed by atoms with van der Waals surface area (Å²) in [6.07, 6.45) is 1.24. The average molecular weight is 262 g/mol. The summed E-state index contributed by atoms with van der Waals surface area (Å²) in [5.74, 6) is 0. The van der Waals surface area contributed by atoms with E-state index < -0.39 is 24.6 Å². The highest BCUT2D eigenvalue weighted by Gasteiger charge is 2.28. The molecule has 2 rings (SSSR count). The zero-order valence-electron chi connectivity index (χ0n) is 7.55. The van der Waals surface area contributed by atoms with E-state index in [0.717, 1.165) is 6.07 Å². The molecule has 0 spiro atoms. The predicted molar refractivity (Wildman–Crippen MR) is 55.8 cm³/mol. The molecule has 0 aliphatic carbocycles. The van der Waals surface area contributed by atoms with Crippen LogP contribution in [0.4, 0.5) is 5.69 Å². The first kappa shape index (κ1) is 10.8. The van der Waals surface area contributed by atoms with Crippen LogP contribution < -0.4 is 0 Å². The molecule has 0 aliphatic heterocycles. The van der Waals surface area contributed by atoms with Gasteiger partial charge in [-0.25, -0.2) is 13.4 Å². The van der Waals surface area contributed by atoms with Gasteiger partial charge < -0.3 is 4.98 Å². The maximum Gasteiger partial charge on any atom is 0.291 e. The Kier molecular flexibility index (Phi) is 2.32. The summed E-state index contributed by atoms with van der Waals surface area (Å²) in [7, 11) is 0.931. The van der Waals surface area contributed by atoms with Crippen LogP contribution in [0.2, 0.25) is 0 Å². The molecule has 0 amide bonds. The van der Waals surface area contributed by atoms with Gasteiger partial charge in [0.15, 0.2) is 4.90 Å². The highest BCUT2D eigenvalue weighted by atomic mass is 35.7. The van der Waals surface area contributed by atoms with E-state index in [4.69, 9.17) is 10.7 Å². The molecule has 84 valence electrons. The van der Waals surface area contributed by atoms with Gasteiger partial charge in [-0.05, 0) is 6.07 Å². The van der Waals surface area contributed by atoms with Crippen molar-refractivity contribution in [3.63, 3.8) is 0 Å².